The molecule has 0 saturated carbocycles. The van der Waals surface area contributed by atoms with Crippen molar-refractivity contribution in [3.63, 3.8) is 0 Å². The molecule has 1 aliphatic rings. The number of aromatic nitrogens is 2. The highest BCUT2D eigenvalue weighted by molar-refractivity contribution is 5.83. The van der Waals surface area contributed by atoms with Crippen LogP contribution in [0.5, 0.6) is 0 Å². The van der Waals surface area contributed by atoms with Gasteiger partial charge in [0.1, 0.15) is 5.82 Å². The number of carbonyl (C=O) groups is 2. The van der Waals surface area contributed by atoms with E-state index in [0.717, 1.165) is 23.6 Å². The Bertz CT molecular complexity index is 666. The fraction of sp³-hybridized carbons (Fsp3) is 0.750. The molecule has 0 spiro atoms. The molecule has 1 aliphatic heterocycles. The fourth-order valence-electron chi connectivity index (χ4n) is 3.82. The molecule has 0 aromatic carbocycles. The minimum atomic E-state index is -0.214. The Morgan fingerprint density at radius 1 is 1.22 bits per heavy atom. The number of carbonyl (C=O) groups excluding carboxylic acids is 2. The highest BCUT2D eigenvalue weighted by Crippen LogP contribution is 2.23. The Morgan fingerprint density at radius 2 is 1.89 bits per heavy atom. The summed E-state index contributed by atoms with van der Waals surface area (Å²) in [5, 5.41) is 3.11. The number of nitrogens with one attached hydrogen (secondary N) is 1. The molecular weight excluding hydrogens is 342 g/mol. The molecular formula is C20H35N5O2. The Balaban J connectivity index is 2.19. The zero-order valence-electron chi connectivity index (χ0n) is 17.7. The van der Waals surface area contributed by atoms with Crippen LogP contribution in [0.4, 0.5) is 0 Å². The van der Waals surface area contributed by atoms with Crippen LogP contribution in [0.1, 0.15) is 57.2 Å². The molecule has 7 heteroatoms. The average molecular weight is 378 g/mol. The molecule has 2 atom stereocenters. The summed E-state index contributed by atoms with van der Waals surface area (Å²) in [5.41, 5.74) is 2.16. The maximum atomic E-state index is 13.1. The SMILES string of the molecule is CCCC(=O)N[C@@H]1C[C@@H](C(=O)N(CC)CC)N(Cc2nc(C)c(C)n2C)C1. The van der Waals surface area contributed by atoms with Gasteiger partial charge in [-0.2, -0.15) is 0 Å². The summed E-state index contributed by atoms with van der Waals surface area (Å²) in [6, 6.07) is -0.204. The monoisotopic (exact) mass is 377 g/mol. The number of nitrogens with zero attached hydrogens (tertiary/aromatic N) is 4. The van der Waals surface area contributed by atoms with Gasteiger partial charge in [0, 0.05) is 44.8 Å². The molecule has 2 rings (SSSR count). The summed E-state index contributed by atoms with van der Waals surface area (Å²) in [6.07, 6.45) is 2.02. The van der Waals surface area contributed by atoms with Gasteiger partial charge >= 0.3 is 0 Å². The summed E-state index contributed by atoms with van der Waals surface area (Å²) < 4.78 is 2.09. The van der Waals surface area contributed by atoms with E-state index in [1.807, 2.05) is 39.6 Å². The maximum absolute atomic E-state index is 13.1. The second kappa shape index (κ2) is 9.35. The van der Waals surface area contributed by atoms with Crippen LogP contribution < -0.4 is 5.32 Å². The van der Waals surface area contributed by atoms with Crippen molar-refractivity contribution >= 4 is 11.8 Å². The summed E-state index contributed by atoms with van der Waals surface area (Å²) in [6.45, 7) is 12.8. The maximum Gasteiger partial charge on any atom is 0.240 e. The van der Waals surface area contributed by atoms with Crippen LogP contribution in [0.15, 0.2) is 0 Å². The normalized spacial score (nSPS) is 20.1. The number of hydrogen-bond donors (Lipinski definition) is 1. The van der Waals surface area contributed by atoms with Crippen LogP contribution in [-0.4, -0.2) is 62.9 Å². The summed E-state index contributed by atoms with van der Waals surface area (Å²) >= 11 is 0. The highest BCUT2D eigenvalue weighted by Gasteiger charge is 2.39. The molecule has 0 aliphatic carbocycles. The molecule has 2 heterocycles. The predicted octanol–water partition coefficient (Wildman–Crippen LogP) is 1.76. The van der Waals surface area contributed by atoms with Gasteiger partial charge in [0.25, 0.3) is 0 Å². The van der Waals surface area contributed by atoms with E-state index >= 15 is 0 Å². The van der Waals surface area contributed by atoms with E-state index in [2.05, 4.69) is 26.7 Å². The quantitative estimate of drug-likeness (QED) is 0.749. The van der Waals surface area contributed by atoms with Crippen molar-refractivity contribution in [3.8, 4) is 0 Å². The van der Waals surface area contributed by atoms with Gasteiger partial charge in [-0.15, -0.1) is 0 Å². The van der Waals surface area contributed by atoms with Crippen molar-refractivity contribution in [2.75, 3.05) is 19.6 Å². The first-order chi connectivity index (χ1) is 12.8. The molecule has 1 aromatic heterocycles. The van der Waals surface area contributed by atoms with Gasteiger partial charge in [-0.05, 0) is 40.5 Å². The van der Waals surface area contributed by atoms with Crippen LogP contribution in [0.3, 0.4) is 0 Å². The van der Waals surface area contributed by atoms with Gasteiger partial charge in [0.15, 0.2) is 0 Å². The van der Waals surface area contributed by atoms with E-state index in [0.29, 0.717) is 39.0 Å². The molecule has 7 nitrogen and oxygen atoms in total. The lowest BCUT2D eigenvalue weighted by atomic mass is 10.1. The topological polar surface area (TPSA) is 70.5 Å². The van der Waals surface area contributed by atoms with E-state index in [-0.39, 0.29) is 23.9 Å². The number of likely N-dealkylation sites (N-methyl/N-ethyl adjacent to an activating group) is 1. The third kappa shape index (κ3) is 4.89. The molecule has 0 unspecified atom stereocenters. The number of rotatable bonds is 8. The first-order valence-electron chi connectivity index (χ1n) is 10.1. The number of imidazole rings is 1. The predicted molar refractivity (Wildman–Crippen MR) is 106 cm³/mol. The lowest BCUT2D eigenvalue weighted by Crippen LogP contribution is -2.45. The summed E-state index contributed by atoms with van der Waals surface area (Å²) in [5.74, 6) is 1.18. The smallest absolute Gasteiger partial charge is 0.240 e. The van der Waals surface area contributed by atoms with Crippen LogP contribution in [-0.2, 0) is 23.2 Å². The fourth-order valence-corrected chi connectivity index (χ4v) is 3.82. The lowest BCUT2D eigenvalue weighted by Gasteiger charge is -2.28. The molecule has 1 N–H and O–H groups in total. The molecule has 2 amide bonds. The number of aryl methyl sites for hydroxylation is 1. The van der Waals surface area contributed by atoms with Gasteiger partial charge in [0.2, 0.25) is 11.8 Å². The van der Waals surface area contributed by atoms with Crippen molar-refractivity contribution in [1.82, 2.24) is 24.7 Å². The van der Waals surface area contributed by atoms with E-state index in [4.69, 9.17) is 0 Å². The van der Waals surface area contributed by atoms with Crippen molar-refractivity contribution in [2.24, 2.45) is 7.05 Å². The third-order valence-corrected chi connectivity index (χ3v) is 5.66. The van der Waals surface area contributed by atoms with Gasteiger partial charge in [-0.25, -0.2) is 4.98 Å². The standard InChI is InChI=1S/C20H35N5O2/c1-7-10-19(26)22-16-11-17(20(27)24(8-2)9-3)25(12-16)13-18-21-14(4)15(5)23(18)6/h16-17H,7-13H2,1-6H3,(H,22,26)/t16-,17+/m1/s1. The lowest BCUT2D eigenvalue weighted by molar-refractivity contribution is -0.135. The van der Waals surface area contributed by atoms with Gasteiger partial charge < -0.3 is 14.8 Å². The van der Waals surface area contributed by atoms with Crippen LogP contribution in [0.2, 0.25) is 0 Å². The van der Waals surface area contributed by atoms with Gasteiger partial charge in [0.05, 0.1) is 18.3 Å². The minimum Gasteiger partial charge on any atom is -0.352 e. The zero-order chi connectivity index (χ0) is 20.1. The zero-order valence-corrected chi connectivity index (χ0v) is 17.7. The first kappa shape index (κ1) is 21.4. The van der Waals surface area contributed by atoms with Crippen molar-refractivity contribution in [3.05, 3.63) is 17.2 Å². The second-order valence-corrected chi connectivity index (χ2v) is 7.46. The molecule has 0 bridgehead atoms. The van der Waals surface area contributed by atoms with Gasteiger partial charge in [-0.1, -0.05) is 6.92 Å². The van der Waals surface area contributed by atoms with E-state index in [1.165, 1.54) is 0 Å². The summed E-state index contributed by atoms with van der Waals surface area (Å²) in [7, 11) is 2.02. The Labute approximate surface area is 163 Å². The van der Waals surface area contributed by atoms with Crippen LogP contribution in [0, 0.1) is 13.8 Å². The molecule has 27 heavy (non-hydrogen) atoms. The van der Waals surface area contributed by atoms with Crippen LogP contribution in [0.25, 0.3) is 0 Å². The Hall–Kier alpha value is -1.89. The molecule has 1 aromatic rings. The Morgan fingerprint density at radius 3 is 2.41 bits per heavy atom. The molecule has 1 fully saturated rings. The Kier molecular flexibility index (Phi) is 7.41. The van der Waals surface area contributed by atoms with E-state index < -0.39 is 0 Å². The minimum absolute atomic E-state index is 0.0102. The van der Waals surface area contributed by atoms with E-state index in [1.54, 1.807) is 0 Å². The second-order valence-electron chi connectivity index (χ2n) is 7.46. The molecule has 152 valence electrons. The number of hydrogen-bond acceptors (Lipinski definition) is 4. The van der Waals surface area contributed by atoms with Gasteiger partial charge in [-0.3, -0.25) is 14.5 Å². The number of amides is 2. The third-order valence-electron chi connectivity index (χ3n) is 5.66. The average Bonchev–Trinajstić information content (AvgIpc) is 3.12. The number of likely N-dealkylation sites (tertiary alicyclic amines) is 1. The first-order valence-corrected chi connectivity index (χ1v) is 10.1. The highest BCUT2D eigenvalue weighted by atomic mass is 16.2. The van der Waals surface area contributed by atoms with Crippen molar-refractivity contribution in [2.45, 2.75) is 72.5 Å². The largest absolute Gasteiger partial charge is 0.352 e. The molecule has 1 saturated heterocycles. The van der Waals surface area contributed by atoms with Crippen LogP contribution >= 0.6 is 0 Å². The van der Waals surface area contributed by atoms with E-state index in [9.17, 15) is 9.59 Å². The van der Waals surface area contributed by atoms with Crippen molar-refractivity contribution < 1.29 is 9.59 Å². The summed E-state index contributed by atoms with van der Waals surface area (Å²) in [4.78, 5) is 33.8. The molecule has 0 radical (unpaired) electrons. The van der Waals surface area contributed by atoms with Crippen molar-refractivity contribution in [1.29, 1.82) is 0 Å².